The van der Waals surface area contributed by atoms with E-state index in [0.29, 0.717) is 5.82 Å². The fourth-order valence-electron chi connectivity index (χ4n) is 2.74. The molecular formula is C17H17F2N3O2S. The quantitative estimate of drug-likeness (QED) is 0.697. The molecule has 5 nitrogen and oxygen atoms in total. The molecule has 0 aliphatic rings. The number of hydrogen-bond acceptors (Lipinski definition) is 4. The molecule has 0 saturated carbocycles. The van der Waals surface area contributed by atoms with Crippen molar-refractivity contribution in [1.29, 1.82) is 0 Å². The number of alkyl halides is 2. The minimum Gasteiger partial charge on any atom is -0.366 e. The molecule has 0 aliphatic carbocycles. The zero-order chi connectivity index (χ0) is 18.2. The van der Waals surface area contributed by atoms with Gasteiger partial charge in [-0.2, -0.15) is 8.78 Å². The average Bonchev–Trinajstić information content (AvgIpc) is 2.91. The van der Waals surface area contributed by atoms with Gasteiger partial charge in [0.25, 0.3) is 0 Å². The number of nitrogens with zero attached hydrogens (tertiary/aromatic N) is 3. The Labute approximate surface area is 144 Å². The molecule has 25 heavy (non-hydrogen) atoms. The number of aryl methyl sites for hydroxylation is 1. The summed E-state index contributed by atoms with van der Waals surface area (Å²) in [6.45, 7) is 0.279. The van der Waals surface area contributed by atoms with E-state index in [1.54, 1.807) is 18.0 Å². The number of halogens is 2. The van der Waals surface area contributed by atoms with Gasteiger partial charge in [0.2, 0.25) is 9.84 Å². The molecule has 8 heteroatoms. The lowest BCUT2D eigenvalue weighted by Gasteiger charge is -2.22. The van der Waals surface area contributed by atoms with Gasteiger partial charge < -0.3 is 9.47 Å². The second-order valence-electron chi connectivity index (χ2n) is 5.71. The zero-order valence-electron chi connectivity index (χ0n) is 13.7. The van der Waals surface area contributed by atoms with Crippen molar-refractivity contribution < 1.29 is 17.2 Å². The Balaban J connectivity index is 1.99. The molecule has 0 unspecified atom stereocenters. The van der Waals surface area contributed by atoms with Crippen molar-refractivity contribution in [1.82, 2.24) is 9.55 Å². The molecule has 3 rings (SSSR count). The van der Waals surface area contributed by atoms with Crippen molar-refractivity contribution in [3.8, 4) is 0 Å². The Hall–Kier alpha value is -2.48. The third-order valence-electron chi connectivity index (χ3n) is 4.08. The summed E-state index contributed by atoms with van der Waals surface area (Å²) in [4.78, 5) is 5.75. The minimum atomic E-state index is -4.68. The highest BCUT2D eigenvalue weighted by Gasteiger charge is 2.30. The molecule has 0 spiro atoms. The van der Waals surface area contributed by atoms with Crippen LogP contribution in [0.5, 0.6) is 0 Å². The first-order chi connectivity index (χ1) is 11.8. The molecule has 132 valence electrons. The highest BCUT2D eigenvalue weighted by Crippen LogP contribution is 2.29. The molecule has 0 atom stereocenters. The number of imidazole rings is 1. The molecule has 2 aromatic carbocycles. The number of aromatic nitrogens is 2. The first-order valence-corrected chi connectivity index (χ1v) is 9.09. The van der Waals surface area contributed by atoms with Crippen LogP contribution in [0.4, 0.5) is 14.5 Å². The van der Waals surface area contributed by atoms with Crippen LogP contribution in [0.3, 0.4) is 0 Å². The Morgan fingerprint density at radius 2 is 1.76 bits per heavy atom. The summed E-state index contributed by atoms with van der Waals surface area (Å²) < 4.78 is 51.6. The summed E-state index contributed by atoms with van der Waals surface area (Å²) in [6, 6.07) is 13.4. The van der Waals surface area contributed by atoms with Crippen molar-refractivity contribution in [3.63, 3.8) is 0 Å². The van der Waals surface area contributed by atoms with Crippen LogP contribution in [-0.4, -0.2) is 30.8 Å². The number of benzene rings is 2. The smallest absolute Gasteiger partial charge is 0.341 e. The van der Waals surface area contributed by atoms with Crippen LogP contribution < -0.4 is 4.90 Å². The van der Waals surface area contributed by atoms with Crippen LogP contribution in [-0.2, 0) is 23.4 Å². The molecular weight excluding hydrogens is 348 g/mol. The lowest BCUT2D eigenvalue weighted by atomic mass is 10.3. The van der Waals surface area contributed by atoms with Crippen LogP contribution in [0.15, 0.2) is 53.4 Å². The lowest BCUT2D eigenvalue weighted by Crippen LogP contribution is -2.22. The van der Waals surface area contributed by atoms with Gasteiger partial charge in [-0.05, 0) is 24.3 Å². The topological polar surface area (TPSA) is 55.2 Å². The standard InChI is InChI=1S/C17H17F2N3O2S/c1-21(11-16-20-12-7-3-4-8-13(12)22(16)2)14-9-5-6-10-15(14)25(23,24)17(18)19/h3-10,17H,11H2,1-2H3. The number of hydrogen-bond donors (Lipinski definition) is 0. The summed E-state index contributed by atoms with van der Waals surface area (Å²) >= 11 is 0. The first-order valence-electron chi connectivity index (χ1n) is 7.55. The predicted octanol–water partition coefficient (Wildman–Crippen LogP) is 3.21. The van der Waals surface area contributed by atoms with Crippen LogP contribution in [0.2, 0.25) is 0 Å². The Morgan fingerprint density at radius 3 is 2.44 bits per heavy atom. The van der Waals surface area contributed by atoms with Gasteiger partial charge in [-0.3, -0.25) is 0 Å². The molecule has 1 aromatic heterocycles. The molecule has 0 N–H and O–H groups in total. The number of anilines is 1. The molecule has 1 heterocycles. The van der Waals surface area contributed by atoms with E-state index in [1.807, 2.05) is 35.9 Å². The Morgan fingerprint density at radius 1 is 1.12 bits per heavy atom. The maximum absolute atomic E-state index is 12.9. The first kappa shape index (κ1) is 17.3. The van der Waals surface area contributed by atoms with E-state index in [4.69, 9.17) is 0 Å². The van der Waals surface area contributed by atoms with Crippen LogP contribution >= 0.6 is 0 Å². The molecule has 0 fully saturated rings. The maximum Gasteiger partial charge on any atom is 0.341 e. The van der Waals surface area contributed by atoms with Gasteiger partial charge in [-0.15, -0.1) is 0 Å². The molecule has 0 aliphatic heterocycles. The van der Waals surface area contributed by atoms with Gasteiger partial charge in [-0.1, -0.05) is 24.3 Å². The number of fused-ring (bicyclic) bond motifs is 1. The summed E-state index contributed by atoms with van der Waals surface area (Å²) in [6.07, 6.45) is 0. The van der Waals surface area contributed by atoms with Gasteiger partial charge >= 0.3 is 5.76 Å². The van der Waals surface area contributed by atoms with Crippen LogP contribution in [0, 0.1) is 0 Å². The highest BCUT2D eigenvalue weighted by molar-refractivity contribution is 7.91. The largest absolute Gasteiger partial charge is 0.366 e. The summed E-state index contributed by atoms with van der Waals surface area (Å²) in [5.74, 6) is -2.76. The molecule has 0 bridgehead atoms. The summed E-state index contributed by atoms with van der Waals surface area (Å²) in [5.41, 5.74) is 1.98. The fourth-order valence-corrected chi connectivity index (χ4v) is 3.72. The second kappa shape index (κ2) is 6.44. The van der Waals surface area contributed by atoms with Gasteiger partial charge in [0.15, 0.2) is 0 Å². The van der Waals surface area contributed by atoms with E-state index < -0.39 is 15.6 Å². The molecule has 0 radical (unpaired) electrons. The Bertz CT molecular complexity index is 1020. The van der Waals surface area contributed by atoms with Crippen molar-refractivity contribution in [2.45, 2.75) is 17.2 Å². The molecule has 0 amide bonds. The third-order valence-corrected chi connectivity index (χ3v) is 5.50. The number of rotatable bonds is 5. The monoisotopic (exact) mass is 365 g/mol. The molecule has 0 saturated heterocycles. The maximum atomic E-state index is 12.9. The summed E-state index contributed by atoms with van der Waals surface area (Å²) in [7, 11) is -1.17. The van der Waals surface area contributed by atoms with Crippen molar-refractivity contribution >= 4 is 26.6 Å². The van der Waals surface area contributed by atoms with Crippen LogP contribution in [0.25, 0.3) is 11.0 Å². The van der Waals surface area contributed by atoms with Gasteiger partial charge in [0.05, 0.1) is 28.2 Å². The van der Waals surface area contributed by atoms with E-state index in [-0.39, 0.29) is 17.1 Å². The summed E-state index contributed by atoms with van der Waals surface area (Å²) in [5, 5.41) is 0. The third kappa shape index (κ3) is 3.09. The van der Waals surface area contributed by atoms with E-state index >= 15 is 0 Å². The predicted molar refractivity (Wildman–Crippen MR) is 92.5 cm³/mol. The SMILES string of the molecule is CN(Cc1nc2ccccc2n1C)c1ccccc1S(=O)(=O)C(F)F. The fraction of sp³-hybridized carbons (Fsp3) is 0.235. The minimum absolute atomic E-state index is 0.217. The van der Waals surface area contributed by atoms with Crippen molar-refractivity contribution in [2.24, 2.45) is 7.05 Å². The van der Waals surface area contributed by atoms with Crippen molar-refractivity contribution in [3.05, 3.63) is 54.4 Å². The lowest BCUT2D eigenvalue weighted by molar-refractivity contribution is 0.235. The van der Waals surface area contributed by atoms with Crippen molar-refractivity contribution in [2.75, 3.05) is 11.9 Å². The number of sulfone groups is 1. The zero-order valence-corrected chi connectivity index (χ0v) is 14.5. The van der Waals surface area contributed by atoms with Gasteiger partial charge in [0.1, 0.15) is 5.82 Å². The highest BCUT2D eigenvalue weighted by atomic mass is 32.2. The number of para-hydroxylation sites is 3. The van der Waals surface area contributed by atoms with E-state index in [1.165, 1.54) is 18.2 Å². The van der Waals surface area contributed by atoms with E-state index in [9.17, 15) is 17.2 Å². The van der Waals surface area contributed by atoms with Gasteiger partial charge in [0, 0.05) is 14.1 Å². The average molecular weight is 365 g/mol. The van der Waals surface area contributed by atoms with E-state index in [0.717, 1.165) is 11.0 Å². The van der Waals surface area contributed by atoms with E-state index in [2.05, 4.69) is 4.98 Å². The molecule has 3 aromatic rings. The second-order valence-corrected chi connectivity index (χ2v) is 7.59. The van der Waals surface area contributed by atoms with Gasteiger partial charge in [-0.25, -0.2) is 13.4 Å². The Kier molecular flexibility index (Phi) is 4.47. The normalized spacial score (nSPS) is 12.0. The van der Waals surface area contributed by atoms with Crippen LogP contribution in [0.1, 0.15) is 5.82 Å².